The molecule has 2 aromatic heterocycles. The molecule has 1 atom stereocenters. The van der Waals surface area contributed by atoms with Gasteiger partial charge >= 0.3 is 0 Å². The third-order valence-electron chi connectivity index (χ3n) is 6.54. The zero-order chi connectivity index (χ0) is 28.7. The molecule has 0 spiro atoms. The highest BCUT2D eigenvalue weighted by atomic mass is 32.2. The van der Waals surface area contributed by atoms with Crippen LogP contribution in [0.5, 0.6) is 0 Å². The van der Waals surface area contributed by atoms with Gasteiger partial charge in [0.1, 0.15) is 0 Å². The van der Waals surface area contributed by atoms with Crippen LogP contribution in [0.3, 0.4) is 0 Å². The maximum absolute atomic E-state index is 12.9. The average Bonchev–Trinajstić information content (AvgIpc) is 3.78. The number of nitrogens with one attached hydrogen (secondary N) is 2. The Kier molecular flexibility index (Phi) is 9.14. The SMILES string of the molecule is O=C(CSc1nc2ccc(NC(=O)CSc3nnc(-c4ccccc4)n3-c3ccccc3)cc2s1)NC[C@@H]1CCCO1. The molecule has 3 aromatic carbocycles. The number of aromatic nitrogens is 4. The van der Waals surface area contributed by atoms with Gasteiger partial charge in [-0.1, -0.05) is 72.1 Å². The minimum atomic E-state index is -0.148. The number of para-hydroxylation sites is 1. The number of rotatable bonds is 11. The van der Waals surface area contributed by atoms with E-state index in [9.17, 15) is 9.59 Å². The number of thiazole rings is 1. The maximum Gasteiger partial charge on any atom is 0.234 e. The molecule has 1 fully saturated rings. The molecule has 2 N–H and O–H groups in total. The third kappa shape index (κ3) is 7.01. The van der Waals surface area contributed by atoms with Crippen molar-refractivity contribution in [2.75, 3.05) is 30.0 Å². The lowest BCUT2D eigenvalue weighted by Crippen LogP contribution is -2.32. The molecule has 1 aliphatic heterocycles. The van der Waals surface area contributed by atoms with Crippen molar-refractivity contribution in [3.05, 3.63) is 78.9 Å². The zero-order valence-electron chi connectivity index (χ0n) is 22.6. The fraction of sp³-hybridized carbons (Fsp3) is 0.233. The van der Waals surface area contributed by atoms with Crippen molar-refractivity contribution in [1.82, 2.24) is 25.1 Å². The topological polar surface area (TPSA) is 111 Å². The van der Waals surface area contributed by atoms with Crippen molar-refractivity contribution in [1.29, 1.82) is 0 Å². The zero-order valence-corrected chi connectivity index (χ0v) is 25.0. The lowest BCUT2D eigenvalue weighted by Gasteiger charge is -2.10. The monoisotopic (exact) mass is 616 g/mol. The van der Waals surface area contributed by atoms with Crippen molar-refractivity contribution < 1.29 is 14.3 Å². The quantitative estimate of drug-likeness (QED) is 0.183. The summed E-state index contributed by atoms with van der Waals surface area (Å²) in [5, 5.41) is 15.4. The van der Waals surface area contributed by atoms with E-state index >= 15 is 0 Å². The number of ether oxygens (including phenoxy) is 1. The van der Waals surface area contributed by atoms with Crippen LogP contribution >= 0.6 is 34.9 Å². The van der Waals surface area contributed by atoms with Crippen molar-refractivity contribution in [3.8, 4) is 17.1 Å². The van der Waals surface area contributed by atoms with Crippen molar-refractivity contribution >= 4 is 62.6 Å². The van der Waals surface area contributed by atoms with Gasteiger partial charge < -0.3 is 15.4 Å². The van der Waals surface area contributed by atoms with Gasteiger partial charge in [-0.2, -0.15) is 0 Å². The molecule has 0 saturated carbocycles. The summed E-state index contributed by atoms with van der Waals surface area (Å²) in [6.45, 7) is 1.33. The molecule has 214 valence electrons. The lowest BCUT2D eigenvalue weighted by atomic mass is 10.2. The first kappa shape index (κ1) is 28.4. The first-order valence-corrected chi connectivity index (χ1v) is 16.3. The molecule has 12 heteroatoms. The van der Waals surface area contributed by atoms with Crippen molar-refractivity contribution in [2.24, 2.45) is 0 Å². The Morgan fingerprint density at radius 2 is 1.74 bits per heavy atom. The number of benzene rings is 3. The van der Waals surface area contributed by atoms with E-state index in [1.165, 1.54) is 34.9 Å². The molecule has 0 aliphatic carbocycles. The molecule has 9 nitrogen and oxygen atoms in total. The predicted octanol–water partition coefficient (Wildman–Crippen LogP) is 5.66. The van der Waals surface area contributed by atoms with Crippen LogP contribution in [-0.4, -0.2) is 62.3 Å². The number of carbonyl (C=O) groups excluding carboxylic acids is 2. The van der Waals surface area contributed by atoms with Gasteiger partial charge in [0.05, 0.1) is 27.8 Å². The van der Waals surface area contributed by atoms with E-state index in [0.29, 0.717) is 29.0 Å². The van der Waals surface area contributed by atoms with Crippen LogP contribution in [0.25, 0.3) is 27.3 Å². The largest absolute Gasteiger partial charge is 0.376 e. The molecule has 1 aliphatic rings. The van der Waals surface area contributed by atoms with Crippen LogP contribution in [0.4, 0.5) is 5.69 Å². The number of hydrogen-bond acceptors (Lipinski definition) is 9. The van der Waals surface area contributed by atoms with Crippen molar-refractivity contribution in [2.45, 2.75) is 28.4 Å². The normalized spacial score (nSPS) is 14.7. The molecule has 0 unspecified atom stereocenters. The summed E-state index contributed by atoms with van der Waals surface area (Å²) in [5.74, 6) is 1.01. The fourth-order valence-corrected chi connectivity index (χ4v) is 7.22. The number of carbonyl (C=O) groups is 2. The van der Waals surface area contributed by atoms with Gasteiger partial charge in [-0.05, 0) is 43.2 Å². The van der Waals surface area contributed by atoms with Gasteiger partial charge in [-0.15, -0.1) is 21.5 Å². The number of anilines is 1. The Bertz CT molecular complexity index is 1670. The van der Waals surface area contributed by atoms with Crippen LogP contribution in [0.1, 0.15) is 12.8 Å². The first-order valence-electron chi connectivity index (χ1n) is 13.5. The Balaban J connectivity index is 1.07. The van der Waals surface area contributed by atoms with Gasteiger partial charge in [-0.3, -0.25) is 14.2 Å². The molecule has 6 rings (SSSR count). The van der Waals surface area contributed by atoms with Gasteiger partial charge in [0.2, 0.25) is 11.8 Å². The molecule has 42 heavy (non-hydrogen) atoms. The summed E-state index contributed by atoms with van der Waals surface area (Å²) in [6, 6.07) is 25.4. The highest BCUT2D eigenvalue weighted by Crippen LogP contribution is 2.32. The van der Waals surface area contributed by atoms with Gasteiger partial charge in [0.15, 0.2) is 15.3 Å². The number of amides is 2. The Hall–Kier alpha value is -3.71. The van der Waals surface area contributed by atoms with Crippen LogP contribution in [0.15, 0.2) is 88.4 Å². The minimum Gasteiger partial charge on any atom is -0.376 e. The smallest absolute Gasteiger partial charge is 0.234 e. The lowest BCUT2D eigenvalue weighted by molar-refractivity contribution is -0.119. The third-order valence-corrected chi connectivity index (χ3v) is 9.63. The Labute approximate surface area is 255 Å². The molecule has 5 aromatic rings. The van der Waals surface area contributed by atoms with E-state index in [-0.39, 0.29) is 23.7 Å². The molecule has 0 bridgehead atoms. The maximum atomic E-state index is 12.9. The standard InChI is InChI=1S/C30H28N6O3S3/c37-26(31-17-23-12-7-15-39-23)18-41-30-33-24-14-13-21(16-25(24)42-30)32-27(38)19-40-29-35-34-28(20-8-3-1-4-9-20)36(29)22-10-5-2-6-11-22/h1-6,8-11,13-14,16,23H,7,12,15,17-19H2,(H,31,37)(H,32,38)/t23-/m0/s1. The second-order valence-corrected chi connectivity index (χ2v) is 12.8. The highest BCUT2D eigenvalue weighted by molar-refractivity contribution is 8.01. The minimum absolute atomic E-state index is 0.0285. The van der Waals surface area contributed by atoms with Gasteiger partial charge in [-0.25, -0.2) is 4.98 Å². The number of fused-ring (bicyclic) bond motifs is 1. The Morgan fingerprint density at radius 1 is 0.952 bits per heavy atom. The molecule has 0 radical (unpaired) electrons. The van der Waals surface area contributed by atoms with Gasteiger partial charge in [0, 0.05) is 30.1 Å². The highest BCUT2D eigenvalue weighted by Gasteiger charge is 2.18. The number of hydrogen-bond donors (Lipinski definition) is 2. The summed E-state index contributed by atoms with van der Waals surface area (Å²) in [5.41, 5.74) is 3.39. The van der Waals surface area contributed by atoms with Crippen molar-refractivity contribution in [3.63, 3.8) is 0 Å². The molecular formula is C30H28N6O3S3. The second kappa shape index (κ2) is 13.5. The summed E-state index contributed by atoms with van der Waals surface area (Å²) in [7, 11) is 0. The predicted molar refractivity (Wildman–Crippen MR) is 168 cm³/mol. The van der Waals surface area contributed by atoms with E-state index in [1.807, 2.05) is 83.4 Å². The first-order chi connectivity index (χ1) is 20.6. The van der Waals surface area contributed by atoms with Gasteiger partial charge in [0.25, 0.3) is 0 Å². The molecule has 1 saturated heterocycles. The van der Waals surface area contributed by atoms with Crippen LogP contribution < -0.4 is 10.6 Å². The second-order valence-electron chi connectivity index (χ2n) is 9.57. The van der Waals surface area contributed by atoms with E-state index in [0.717, 1.165) is 45.3 Å². The van der Waals surface area contributed by atoms with E-state index in [2.05, 4.69) is 25.8 Å². The summed E-state index contributed by atoms with van der Waals surface area (Å²) < 4.78 is 9.28. The summed E-state index contributed by atoms with van der Waals surface area (Å²) in [6.07, 6.45) is 2.17. The van der Waals surface area contributed by atoms with Crippen LogP contribution in [-0.2, 0) is 14.3 Å². The molecule has 3 heterocycles. The number of nitrogens with zero attached hydrogens (tertiary/aromatic N) is 4. The van der Waals surface area contributed by atoms with E-state index in [4.69, 9.17) is 4.74 Å². The Morgan fingerprint density at radius 3 is 2.52 bits per heavy atom. The molecule has 2 amide bonds. The van der Waals surface area contributed by atoms with Crippen LogP contribution in [0, 0.1) is 0 Å². The van der Waals surface area contributed by atoms with E-state index < -0.39 is 0 Å². The van der Waals surface area contributed by atoms with E-state index in [1.54, 1.807) is 0 Å². The summed E-state index contributed by atoms with van der Waals surface area (Å²) >= 11 is 4.25. The molecular weight excluding hydrogens is 589 g/mol. The summed E-state index contributed by atoms with van der Waals surface area (Å²) in [4.78, 5) is 29.8. The van der Waals surface area contributed by atoms with Crippen LogP contribution in [0.2, 0.25) is 0 Å². The average molecular weight is 617 g/mol. The fourth-order valence-electron chi connectivity index (χ4n) is 4.53. The number of thioether (sulfide) groups is 2.